The Balaban J connectivity index is 1.60. The smallest absolute Gasteiger partial charge is 0.226 e. The Hall–Kier alpha value is -1.61. The van der Waals surface area contributed by atoms with Crippen LogP contribution in [0.5, 0.6) is 0 Å². The summed E-state index contributed by atoms with van der Waals surface area (Å²) in [6.07, 6.45) is 0.980. The molecule has 1 fully saturated rings. The highest BCUT2D eigenvalue weighted by Crippen LogP contribution is 2.48. The van der Waals surface area contributed by atoms with Crippen LogP contribution in [0.25, 0.3) is 0 Å². The van der Waals surface area contributed by atoms with Crippen molar-refractivity contribution in [3.8, 4) is 0 Å². The van der Waals surface area contributed by atoms with Crippen LogP contribution in [0.1, 0.15) is 23.5 Å². The number of hydrogen-bond acceptors (Lipinski definition) is 1. The van der Waals surface area contributed by atoms with Gasteiger partial charge in [0, 0.05) is 24.0 Å². The van der Waals surface area contributed by atoms with Crippen LogP contribution in [0, 0.1) is 5.92 Å². The lowest BCUT2D eigenvalue weighted by molar-refractivity contribution is -0.131. The molecule has 2 aromatic carbocycles. The van der Waals surface area contributed by atoms with Gasteiger partial charge in [-0.05, 0) is 35.6 Å². The lowest BCUT2D eigenvalue weighted by Crippen LogP contribution is -2.28. The van der Waals surface area contributed by atoms with Crippen LogP contribution >= 0.6 is 15.9 Å². The molecule has 0 spiro atoms. The molecule has 2 aromatic rings. The van der Waals surface area contributed by atoms with Gasteiger partial charge in [-0.3, -0.25) is 4.79 Å². The minimum absolute atomic E-state index is 0.160. The predicted molar refractivity (Wildman–Crippen MR) is 87.9 cm³/mol. The van der Waals surface area contributed by atoms with Gasteiger partial charge in [-0.1, -0.05) is 58.4 Å². The van der Waals surface area contributed by atoms with E-state index in [4.69, 9.17) is 0 Å². The number of hydrogen-bond donors (Lipinski definition) is 0. The van der Waals surface area contributed by atoms with Crippen molar-refractivity contribution in [2.24, 2.45) is 5.92 Å². The molecule has 2 atom stereocenters. The first-order valence-corrected chi connectivity index (χ1v) is 7.99. The van der Waals surface area contributed by atoms with Gasteiger partial charge in [0.05, 0.1) is 0 Å². The summed E-state index contributed by atoms with van der Waals surface area (Å²) in [5.74, 6) is 0.825. The molecule has 0 heterocycles. The fourth-order valence-corrected chi connectivity index (χ4v) is 3.03. The Bertz CT molecular complexity index is 623. The second kappa shape index (κ2) is 6.02. The van der Waals surface area contributed by atoms with Crippen molar-refractivity contribution in [2.75, 3.05) is 7.05 Å². The Morgan fingerprint density at radius 2 is 1.81 bits per heavy atom. The molecular weight excluding hydrogens is 326 g/mol. The highest BCUT2D eigenvalue weighted by Gasteiger charge is 2.44. The minimum Gasteiger partial charge on any atom is -0.341 e. The SMILES string of the molecule is CN(Cc1ccc(Br)cc1)C(=O)C1CC1c1ccccc1. The van der Waals surface area contributed by atoms with Crippen molar-refractivity contribution >= 4 is 21.8 Å². The van der Waals surface area contributed by atoms with Crippen LogP contribution in [-0.2, 0) is 11.3 Å². The maximum Gasteiger partial charge on any atom is 0.226 e. The van der Waals surface area contributed by atoms with Crippen LogP contribution in [0.3, 0.4) is 0 Å². The van der Waals surface area contributed by atoms with Crippen molar-refractivity contribution in [3.05, 3.63) is 70.2 Å². The molecule has 2 nitrogen and oxygen atoms in total. The van der Waals surface area contributed by atoms with Crippen molar-refractivity contribution < 1.29 is 4.79 Å². The quantitative estimate of drug-likeness (QED) is 0.814. The van der Waals surface area contributed by atoms with E-state index in [1.807, 2.05) is 42.3 Å². The Labute approximate surface area is 133 Å². The lowest BCUT2D eigenvalue weighted by Gasteiger charge is -2.17. The molecule has 0 aromatic heterocycles. The summed E-state index contributed by atoms with van der Waals surface area (Å²) >= 11 is 3.43. The van der Waals surface area contributed by atoms with Crippen molar-refractivity contribution in [1.82, 2.24) is 4.90 Å². The third kappa shape index (κ3) is 3.35. The number of amides is 1. The number of nitrogens with zero attached hydrogens (tertiary/aromatic N) is 1. The normalized spacial score (nSPS) is 20.1. The predicted octanol–water partition coefficient (Wildman–Crippen LogP) is 4.21. The molecule has 0 saturated heterocycles. The van der Waals surface area contributed by atoms with Gasteiger partial charge < -0.3 is 4.90 Å². The van der Waals surface area contributed by atoms with Gasteiger partial charge in [-0.2, -0.15) is 0 Å². The van der Waals surface area contributed by atoms with Crippen LogP contribution in [0.4, 0.5) is 0 Å². The first kappa shape index (κ1) is 14.3. The number of carbonyl (C=O) groups excluding carboxylic acids is 1. The van der Waals surface area contributed by atoms with E-state index in [0.717, 1.165) is 16.5 Å². The van der Waals surface area contributed by atoms with E-state index in [2.05, 4.69) is 40.2 Å². The fourth-order valence-electron chi connectivity index (χ4n) is 2.76. The Morgan fingerprint density at radius 1 is 1.14 bits per heavy atom. The molecule has 0 bridgehead atoms. The molecule has 108 valence electrons. The fraction of sp³-hybridized carbons (Fsp3) is 0.278. The van der Waals surface area contributed by atoms with Crippen LogP contribution < -0.4 is 0 Å². The molecule has 1 aliphatic carbocycles. The zero-order valence-electron chi connectivity index (χ0n) is 12.0. The van der Waals surface area contributed by atoms with Crippen molar-refractivity contribution in [1.29, 1.82) is 0 Å². The molecule has 1 saturated carbocycles. The average Bonchev–Trinajstić information content (AvgIpc) is 3.30. The first-order chi connectivity index (χ1) is 10.1. The standard InChI is InChI=1S/C18H18BrNO/c1-20(12-13-7-9-15(19)10-8-13)18(21)17-11-16(17)14-5-3-2-4-6-14/h2-10,16-17H,11-12H2,1H3. The molecule has 1 amide bonds. The van der Waals surface area contributed by atoms with Gasteiger partial charge in [0.25, 0.3) is 0 Å². The largest absolute Gasteiger partial charge is 0.341 e. The minimum atomic E-state index is 0.160. The summed E-state index contributed by atoms with van der Waals surface area (Å²) in [6, 6.07) is 18.5. The summed E-state index contributed by atoms with van der Waals surface area (Å²) in [7, 11) is 1.89. The summed E-state index contributed by atoms with van der Waals surface area (Å²) in [5.41, 5.74) is 2.44. The second-order valence-corrected chi connectivity index (χ2v) is 6.60. The van der Waals surface area contributed by atoms with Gasteiger partial charge in [0.1, 0.15) is 0 Å². The summed E-state index contributed by atoms with van der Waals surface area (Å²) in [5, 5.41) is 0. The van der Waals surface area contributed by atoms with Gasteiger partial charge in [-0.15, -0.1) is 0 Å². The van der Waals surface area contributed by atoms with Crippen molar-refractivity contribution in [3.63, 3.8) is 0 Å². The summed E-state index contributed by atoms with van der Waals surface area (Å²) < 4.78 is 1.06. The van der Waals surface area contributed by atoms with E-state index in [1.54, 1.807) is 0 Å². The number of carbonyl (C=O) groups is 1. The lowest BCUT2D eigenvalue weighted by atomic mass is 10.1. The van der Waals surface area contributed by atoms with E-state index in [-0.39, 0.29) is 11.8 Å². The van der Waals surface area contributed by atoms with E-state index >= 15 is 0 Å². The van der Waals surface area contributed by atoms with Crippen LogP contribution in [0.2, 0.25) is 0 Å². The highest BCUT2D eigenvalue weighted by atomic mass is 79.9. The zero-order valence-corrected chi connectivity index (χ0v) is 13.6. The monoisotopic (exact) mass is 343 g/mol. The maximum atomic E-state index is 12.5. The zero-order chi connectivity index (χ0) is 14.8. The molecule has 0 N–H and O–H groups in total. The van der Waals surface area contributed by atoms with E-state index in [1.165, 1.54) is 5.56 Å². The molecule has 3 heteroatoms. The van der Waals surface area contributed by atoms with E-state index in [0.29, 0.717) is 12.5 Å². The number of halogens is 1. The highest BCUT2D eigenvalue weighted by molar-refractivity contribution is 9.10. The first-order valence-electron chi connectivity index (χ1n) is 7.19. The summed E-state index contributed by atoms with van der Waals surface area (Å²) in [6.45, 7) is 0.671. The molecule has 2 unspecified atom stereocenters. The Morgan fingerprint density at radius 3 is 2.48 bits per heavy atom. The third-order valence-electron chi connectivity index (χ3n) is 4.04. The second-order valence-electron chi connectivity index (χ2n) is 5.68. The molecule has 0 radical (unpaired) electrons. The van der Waals surface area contributed by atoms with E-state index < -0.39 is 0 Å². The number of rotatable bonds is 4. The van der Waals surface area contributed by atoms with Crippen LogP contribution in [0.15, 0.2) is 59.1 Å². The van der Waals surface area contributed by atoms with Gasteiger partial charge in [0.2, 0.25) is 5.91 Å². The molecule has 3 rings (SSSR count). The summed E-state index contributed by atoms with van der Waals surface area (Å²) in [4.78, 5) is 14.3. The average molecular weight is 344 g/mol. The maximum absolute atomic E-state index is 12.5. The molecule has 21 heavy (non-hydrogen) atoms. The van der Waals surface area contributed by atoms with Crippen molar-refractivity contribution in [2.45, 2.75) is 18.9 Å². The number of benzene rings is 2. The van der Waals surface area contributed by atoms with Gasteiger partial charge >= 0.3 is 0 Å². The Kier molecular flexibility index (Phi) is 4.11. The molecule has 1 aliphatic rings. The van der Waals surface area contributed by atoms with E-state index in [9.17, 15) is 4.79 Å². The molecule has 0 aliphatic heterocycles. The third-order valence-corrected chi connectivity index (χ3v) is 4.57. The van der Waals surface area contributed by atoms with Gasteiger partial charge in [-0.25, -0.2) is 0 Å². The van der Waals surface area contributed by atoms with Crippen LogP contribution in [-0.4, -0.2) is 17.9 Å². The molecular formula is C18H18BrNO. The van der Waals surface area contributed by atoms with Gasteiger partial charge in [0.15, 0.2) is 0 Å². The topological polar surface area (TPSA) is 20.3 Å².